The van der Waals surface area contributed by atoms with E-state index in [9.17, 15) is 4.79 Å². The smallest absolute Gasteiger partial charge is 0.276 e. The van der Waals surface area contributed by atoms with Crippen LogP contribution in [-0.2, 0) is 0 Å². The minimum absolute atomic E-state index is 0.0601. The number of nitrogens with zero attached hydrogens (tertiary/aromatic N) is 5. The molecule has 0 atom stereocenters. The van der Waals surface area contributed by atoms with Crippen LogP contribution in [0.4, 0.5) is 0 Å². The minimum Gasteiger partial charge on any atom is -0.348 e. The van der Waals surface area contributed by atoms with Crippen molar-refractivity contribution in [3.8, 4) is 5.69 Å². The van der Waals surface area contributed by atoms with Gasteiger partial charge >= 0.3 is 0 Å². The topological polar surface area (TPSA) is 79.7 Å². The van der Waals surface area contributed by atoms with Crippen LogP contribution in [0.25, 0.3) is 5.69 Å². The molecular formula is C17H18N6O. The van der Waals surface area contributed by atoms with Crippen molar-refractivity contribution in [2.75, 3.05) is 13.1 Å². The van der Waals surface area contributed by atoms with Gasteiger partial charge in [-0.1, -0.05) is 23.4 Å². The number of carbonyl (C=O) groups is 1. The second-order valence-corrected chi connectivity index (χ2v) is 5.92. The highest BCUT2D eigenvalue weighted by Gasteiger charge is 2.27. The van der Waals surface area contributed by atoms with E-state index in [4.69, 9.17) is 0 Å². The molecule has 1 amide bonds. The maximum Gasteiger partial charge on any atom is 0.276 e. The van der Waals surface area contributed by atoms with E-state index in [2.05, 4.69) is 20.3 Å². The summed E-state index contributed by atoms with van der Waals surface area (Å²) in [6.07, 6.45) is 7.12. The van der Waals surface area contributed by atoms with Gasteiger partial charge in [-0.2, -0.15) is 0 Å². The zero-order valence-corrected chi connectivity index (χ0v) is 13.2. The van der Waals surface area contributed by atoms with Crippen molar-refractivity contribution in [3.63, 3.8) is 0 Å². The van der Waals surface area contributed by atoms with Gasteiger partial charge < -0.3 is 9.88 Å². The summed E-state index contributed by atoms with van der Waals surface area (Å²) in [6, 6.07) is 9.65. The van der Waals surface area contributed by atoms with Crippen LogP contribution in [0.5, 0.6) is 0 Å². The van der Waals surface area contributed by atoms with Crippen LogP contribution in [0.2, 0.25) is 0 Å². The van der Waals surface area contributed by atoms with Gasteiger partial charge in [0, 0.05) is 31.4 Å². The Kier molecular flexibility index (Phi) is 3.82. The van der Waals surface area contributed by atoms with E-state index in [0.717, 1.165) is 24.4 Å². The molecule has 1 aliphatic rings. The van der Waals surface area contributed by atoms with Crippen molar-refractivity contribution in [3.05, 3.63) is 60.4 Å². The summed E-state index contributed by atoms with van der Waals surface area (Å²) in [6.45, 7) is 1.42. The van der Waals surface area contributed by atoms with Gasteiger partial charge in [0.15, 0.2) is 5.69 Å². The third-order valence-electron chi connectivity index (χ3n) is 4.42. The first-order chi connectivity index (χ1) is 11.8. The summed E-state index contributed by atoms with van der Waals surface area (Å²) in [5.74, 6) is 1.34. The van der Waals surface area contributed by atoms with Crippen LogP contribution in [0.3, 0.4) is 0 Å². The average molecular weight is 322 g/mol. The molecule has 0 bridgehead atoms. The Balaban J connectivity index is 1.43. The summed E-state index contributed by atoms with van der Waals surface area (Å²) in [5, 5.41) is 8.10. The van der Waals surface area contributed by atoms with Gasteiger partial charge in [0.2, 0.25) is 0 Å². The van der Waals surface area contributed by atoms with E-state index in [-0.39, 0.29) is 5.91 Å². The molecule has 7 nitrogen and oxygen atoms in total. The van der Waals surface area contributed by atoms with Crippen molar-refractivity contribution >= 4 is 5.91 Å². The Labute approximate surface area is 139 Å². The molecule has 0 spiro atoms. The van der Waals surface area contributed by atoms with E-state index in [1.807, 2.05) is 41.4 Å². The molecule has 1 saturated heterocycles. The van der Waals surface area contributed by atoms with Crippen LogP contribution < -0.4 is 0 Å². The van der Waals surface area contributed by atoms with Crippen molar-refractivity contribution in [2.45, 2.75) is 18.8 Å². The van der Waals surface area contributed by atoms with Crippen LogP contribution in [0.15, 0.2) is 48.9 Å². The van der Waals surface area contributed by atoms with Gasteiger partial charge in [-0.15, -0.1) is 5.10 Å². The van der Waals surface area contributed by atoms with E-state index >= 15 is 0 Å². The summed E-state index contributed by atoms with van der Waals surface area (Å²) in [7, 11) is 0. The lowest BCUT2D eigenvalue weighted by atomic mass is 9.96. The molecule has 24 heavy (non-hydrogen) atoms. The molecule has 0 aliphatic carbocycles. The lowest BCUT2D eigenvalue weighted by Crippen LogP contribution is -2.38. The van der Waals surface area contributed by atoms with Crippen LogP contribution >= 0.6 is 0 Å². The maximum atomic E-state index is 12.6. The molecule has 0 saturated carbocycles. The van der Waals surface area contributed by atoms with E-state index < -0.39 is 0 Å². The van der Waals surface area contributed by atoms with Gasteiger partial charge in [0.1, 0.15) is 5.82 Å². The number of likely N-dealkylation sites (tertiary alicyclic amines) is 1. The van der Waals surface area contributed by atoms with Crippen LogP contribution in [0, 0.1) is 0 Å². The van der Waals surface area contributed by atoms with Crippen molar-refractivity contribution < 1.29 is 4.79 Å². The summed E-state index contributed by atoms with van der Waals surface area (Å²) < 4.78 is 1.63. The Morgan fingerprint density at radius 1 is 1.17 bits per heavy atom. The molecule has 3 aromatic rings. The molecule has 4 rings (SSSR count). The molecule has 2 aromatic heterocycles. The normalized spacial score (nSPS) is 15.6. The van der Waals surface area contributed by atoms with Crippen molar-refractivity contribution in [1.29, 1.82) is 0 Å². The molecule has 1 aliphatic heterocycles. The quantitative estimate of drug-likeness (QED) is 0.800. The number of benzene rings is 1. The monoisotopic (exact) mass is 322 g/mol. The Morgan fingerprint density at radius 2 is 1.96 bits per heavy atom. The molecule has 1 aromatic carbocycles. The lowest BCUT2D eigenvalue weighted by Gasteiger charge is -2.30. The molecule has 7 heteroatoms. The largest absolute Gasteiger partial charge is 0.348 e. The van der Waals surface area contributed by atoms with Gasteiger partial charge in [-0.3, -0.25) is 4.79 Å². The number of hydrogen-bond donors (Lipinski definition) is 1. The number of H-pyrrole nitrogens is 1. The number of amides is 1. The predicted octanol–water partition coefficient (Wildman–Crippen LogP) is 2.01. The average Bonchev–Trinajstić information content (AvgIpc) is 3.34. The number of carbonyl (C=O) groups excluding carboxylic acids is 1. The van der Waals surface area contributed by atoms with Gasteiger partial charge in [-0.25, -0.2) is 9.67 Å². The first kappa shape index (κ1) is 14.6. The minimum atomic E-state index is -0.0601. The molecule has 1 fully saturated rings. The highest BCUT2D eigenvalue weighted by Crippen LogP contribution is 2.26. The second kappa shape index (κ2) is 6.27. The number of nitrogens with one attached hydrogen (secondary N) is 1. The lowest BCUT2D eigenvalue weighted by molar-refractivity contribution is 0.0705. The maximum absolute atomic E-state index is 12.6. The fourth-order valence-electron chi connectivity index (χ4n) is 3.09. The molecule has 0 unspecified atom stereocenters. The molecule has 3 heterocycles. The number of piperidine rings is 1. The highest BCUT2D eigenvalue weighted by molar-refractivity contribution is 5.92. The fraction of sp³-hybridized carbons (Fsp3) is 0.294. The van der Waals surface area contributed by atoms with Crippen LogP contribution in [0.1, 0.15) is 35.1 Å². The number of imidazole rings is 1. The standard InChI is InChI=1S/C17H18N6O/c24-17(15-12-23(21-20-15)14-4-2-1-3-5-14)22-10-6-13(7-11-22)16-18-8-9-19-16/h1-5,8-9,12-13H,6-7,10-11H2,(H,18,19). The highest BCUT2D eigenvalue weighted by atomic mass is 16.2. The van der Waals surface area contributed by atoms with Gasteiger partial charge in [-0.05, 0) is 25.0 Å². The second-order valence-electron chi connectivity index (χ2n) is 5.92. The number of aromatic amines is 1. The Bertz CT molecular complexity index is 803. The molecule has 122 valence electrons. The van der Waals surface area contributed by atoms with Crippen molar-refractivity contribution in [2.24, 2.45) is 0 Å². The first-order valence-electron chi connectivity index (χ1n) is 8.07. The van der Waals surface area contributed by atoms with E-state index in [0.29, 0.717) is 24.7 Å². The van der Waals surface area contributed by atoms with Gasteiger partial charge in [0.05, 0.1) is 11.9 Å². The summed E-state index contributed by atoms with van der Waals surface area (Å²) in [4.78, 5) is 22.0. The fourth-order valence-corrected chi connectivity index (χ4v) is 3.09. The summed E-state index contributed by atoms with van der Waals surface area (Å²) in [5.41, 5.74) is 1.27. The zero-order chi connectivity index (χ0) is 16.4. The number of hydrogen-bond acceptors (Lipinski definition) is 4. The van der Waals surface area contributed by atoms with E-state index in [1.54, 1.807) is 17.1 Å². The number of rotatable bonds is 3. The number of aromatic nitrogens is 5. The summed E-state index contributed by atoms with van der Waals surface area (Å²) >= 11 is 0. The SMILES string of the molecule is O=C(c1cn(-c2ccccc2)nn1)N1CCC(c2ncc[nH]2)CC1. The van der Waals surface area contributed by atoms with Crippen molar-refractivity contribution in [1.82, 2.24) is 29.9 Å². The Hall–Kier alpha value is -2.96. The first-order valence-corrected chi connectivity index (χ1v) is 8.07. The molecular weight excluding hydrogens is 304 g/mol. The van der Waals surface area contributed by atoms with Gasteiger partial charge in [0.25, 0.3) is 5.91 Å². The number of para-hydroxylation sites is 1. The van der Waals surface area contributed by atoms with Crippen LogP contribution in [-0.4, -0.2) is 48.9 Å². The molecule has 0 radical (unpaired) electrons. The predicted molar refractivity (Wildman–Crippen MR) is 87.8 cm³/mol. The third kappa shape index (κ3) is 2.80. The third-order valence-corrected chi connectivity index (χ3v) is 4.42. The Morgan fingerprint density at radius 3 is 2.67 bits per heavy atom. The van der Waals surface area contributed by atoms with E-state index in [1.165, 1.54) is 0 Å². The zero-order valence-electron chi connectivity index (χ0n) is 13.2. The molecule has 1 N–H and O–H groups in total.